The predicted molar refractivity (Wildman–Crippen MR) is 84.9 cm³/mol. The van der Waals surface area contributed by atoms with E-state index in [9.17, 15) is 4.79 Å². The highest BCUT2D eigenvalue weighted by Crippen LogP contribution is 2.12. The van der Waals surface area contributed by atoms with Gasteiger partial charge in [0.15, 0.2) is 0 Å². The average Bonchev–Trinajstić information content (AvgIpc) is 2.52. The molecule has 2 aromatic rings. The van der Waals surface area contributed by atoms with Crippen LogP contribution in [0.3, 0.4) is 0 Å². The normalized spacial score (nSPS) is 9.64. The lowest BCUT2D eigenvalue weighted by molar-refractivity contribution is 0.247. The van der Waals surface area contributed by atoms with Crippen molar-refractivity contribution < 1.29 is 9.53 Å². The van der Waals surface area contributed by atoms with Crippen molar-refractivity contribution in [1.29, 1.82) is 5.26 Å². The van der Waals surface area contributed by atoms with E-state index >= 15 is 0 Å². The highest BCUT2D eigenvalue weighted by molar-refractivity contribution is 5.89. The highest BCUT2D eigenvalue weighted by Gasteiger charge is 2.01. The van der Waals surface area contributed by atoms with E-state index in [-0.39, 0.29) is 6.03 Å². The third-order valence-corrected chi connectivity index (χ3v) is 2.92. The molecule has 0 saturated carbocycles. The lowest BCUT2D eigenvalue weighted by atomic mass is 10.2. The van der Waals surface area contributed by atoms with Gasteiger partial charge in [0.2, 0.25) is 0 Å². The van der Waals surface area contributed by atoms with E-state index in [1.165, 1.54) is 0 Å². The lowest BCUT2D eigenvalue weighted by Gasteiger charge is -2.09. The zero-order valence-electron chi connectivity index (χ0n) is 12.3. The molecule has 0 aliphatic heterocycles. The van der Waals surface area contributed by atoms with Crippen LogP contribution >= 0.6 is 0 Å². The summed E-state index contributed by atoms with van der Waals surface area (Å²) in [7, 11) is 0. The fourth-order valence-corrected chi connectivity index (χ4v) is 1.84. The minimum atomic E-state index is -0.308. The fraction of sp³-hybridized carbons (Fsp3) is 0.176. The molecule has 2 N–H and O–H groups in total. The number of hydrogen-bond acceptors (Lipinski definition) is 3. The molecule has 0 radical (unpaired) electrons. The second-order valence-electron chi connectivity index (χ2n) is 4.74. The van der Waals surface area contributed by atoms with E-state index in [4.69, 9.17) is 10.00 Å². The highest BCUT2D eigenvalue weighted by atomic mass is 16.5. The SMILES string of the molecule is Cc1cccc(OCCNC(=O)Nc2ccc(C#N)cc2)c1. The summed E-state index contributed by atoms with van der Waals surface area (Å²) in [5.74, 6) is 0.786. The first-order chi connectivity index (χ1) is 10.7. The summed E-state index contributed by atoms with van der Waals surface area (Å²) in [6.07, 6.45) is 0. The molecule has 2 aromatic carbocycles. The molecule has 2 rings (SSSR count). The monoisotopic (exact) mass is 295 g/mol. The molecule has 0 spiro atoms. The fourth-order valence-electron chi connectivity index (χ4n) is 1.84. The van der Waals surface area contributed by atoms with Crippen molar-refractivity contribution in [2.75, 3.05) is 18.5 Å². The van der Waals surface area contributed by atoms with Crippen molar-refractivity contribution in [3.05, 3.63) is 59.7 Å². The summed E-state index contributed by atoms with van der Waals surface area (Å²) < 4.78 is 5.54. The Hall–Kier alpha value is -3.00. The molecule has 0 unspecified atom stereocenters. The first kappa shape index (κ1) is 15.4. The predicted octanol–water partition coefficient (Wildman–Crippen LogP) is 3.07. The van der Waals surface area contributed by atoms with Crippen molar-refractivity contribution >= 4 is 11.7 Å². The Balaban J connectivity index is 1.70. The Morgan fingerprint density at radius 3 is 2.68 bits per heavy atom. The van der Waals surface area contributed by atoms with Crippen molar-refractivity contribution in [3.8, 4) is 11.8 Å². The molecular weight excluding hydrogens is 278 g/mol. The summed E-state index contributed by atoms with van der Waals surface area (Å²) in [4.78, 5) is 11.7. The van der Waals surface area contributed by atoms with Gasteiger partial charge in [-0.3, -0.25) is 0 Å². The maximum absolute atomic E-state index is 11.7. The van der Waals surface area contributed by atoms with Gasteiger partial charge in [-0.25, -0.2) is 4.79 Å². The summed E-state index contributed by atoms with van der Waals surface area (Å²) in [5, 5.41) is 14.1. The molecule has 5 heteroatoms. The largest absolute Gasteiger partial charge is 0.492 e. The maximum Gasteiger partial charge on any atom is 0.319 e. The molecule has 0 aromatic heterocycles. The number of rotatable bonds is 5. The van der Waals surface area contributed by atoms with Crippen LogP contribution in [0, 0.1) is 18.3 Å². The number of hydrogen-bond donors (Lipinski definition) is 2. The molecule has 22 heavy (non-hydrogen) atoms. The molecule has 2 amide bonds. The first-order valence-electron chi connectivity index (χ1n) is 6.92. The molecule has 0 heterocycles. The van der Waals surface area contributed by atoms with Gasteiger partial charge >= 0.3 is 6.03 Å². The number of nitrogens with zero attached hydrogens (tertiary/aromatic N) is 1. The van der Waals surface area contributed by atoms with Crippen molar-refractivity contribution in [2.24, 2.45) is 0 Å². The number of anilines is 1. The number of nitrogens with one attached hydrogen (secondary N) is 2. The molecular formula is C17H17N3O2. The van der Waals surface area contributed by atoms with E-state index in [0.29, 0.717) is 24.4 Å². The van der Waals surface area contributed by atoms with Crippen LogP contribution < -0.4 is 15.4 Å². The molecule has 0 aliphatic carbocycles. The Kier molecular flexibility index (Phi) is 5.38. The van der Waals surface area contributed by atoms with Gasteiger partial charge in [-0.1, -0.05) is 12.1 Å². The average molecular weight is 295 g/mol. The van der Waals surface area contributed by atoms with E-state index in [1.807, 2.05) is 37.3 Å². The number of aryl methyl sites for hydroxylation is 1. The van der Waals surface area contributed by atoms with Gasteiger partial charge in [0.25, 0.3) is 0 Å². The van der Waals surface area contributed by atoms with Gasteiger partial charge in [-0.15, -0.1) is 0 Å². The van der Waals surface area contributed by atoms with E-state index in [1.54, 1.807) is 24.3 Å². The van der Waals surface area contributed by atoms with Crippen LogP contribution in [-0.4, -0.2) is 19.2 Å². The Labute approximate surface area is 129 Å². The van der Waals surface area contributed by atoms with Crippen molar-refractivity contribution in [2.45, 2.75) is 6.92 Å². The third-order valence-electron chi connectivity index (χ3n) is 2.92. The third kappa shape index (κ3) is 4.84. The molecule has 0 bridgehead atoms. The van der Waals surface area contributed by atoms with Gasteiger partial charge in [0.05, 0.1) is 18.2 Å². The number of amides is 2. The molecule has 0 saturated heterocycles. The van der Waals surface area contributed by atoms with Gasteiger partial charge in [-0.2, -0.15) is 5.26 Å². The van der Waals surface area contributed by atoms with Crippen LogP contribution in [0.5, 0.6) is 5.75 Å². The molecule has 0 aliphatic rings. The minimum Gasteiger partial charge on any atom is -0.492 e. The Morgan fingerprint density at radius 1 is 1.23 bits per heavy atom. The van der Waals surface area contributed by atoms with E-state index in [2.05, 4.69) is 10.6 Å². The number of carbonyl (C=O) groups is 1. The smallest absolute Gasteiger partial charge is 0.319 e. The summed E-state index contributed by atoms with van der Waals surface area (Å²) >= 11 is 0. The molecule has 112 valence electrons. The van der Waals surface area contributed by atoms with Crippen LogP contribution in [0.1, 0.15) is 11.1 Å². The summed E-state index contributed by atoms with van der Waals surface area (Å²) in [6, 6.07) is 16.1. The lowest BCUT2D eigenvalue weighted by Crippen LogP contribution is -2.32. The van der Waals surface area contributed by atoms with Crippen LogP contribution in [-0.2, 0) is 0 Å². The second kappa shape index (κ2) is 7.70. The number of benzene rings is 2. The summed E-state index contributed by atoms with van der Waals surface area (Å²) in [5.41, 5.74) is 2.32. The Bertz CT molecular complexity index is 675. The van der Waals surface area contributed by atoms with Crippen molar-refractivity contribution in [3.63, 3.8) is 0 Å². The van der Waals surface area contributed by atoms with Crippen LogP contribution in [0.2, 0.25) is 0 Å². The van der Waals surface area contributed by atoms with Gasteiger partial charge in [-0.05, 0) is 48.9 Å². The van der Waals surface area contributed by atoms with Gasteiger partial charge < -0.3 is 15.4 Å². The maximum atomic E-state index is 11.7. The Morgan fingerprint density at radius 2 is 2.00 bits per heavy atom. The van der Waals surface area contributed by atoms with Crippen LogP contribution in [0.25, 0.3) is 0 Å². The zero-order chi connectivity index (χ0) is 15.8. The van der Waals surface area contributed by atoms with Gasteiger partial charge in [0, 0.05) is 5.69 Å². The molecule has 0 atom stereocenters. The quantitative estimate of drug-likeness (QED) is 0.832. The van der Waals surface area contributed by atoms with Crippen LogP contribution in [0.4, 0.5) is 10.5 Å². The summed E-state index contributed by atoms with van der Waals surface area (Å²) in [6.45, 7) is 2.79. The topological polar surface area (TPSA) is 74.2 Å². The van der Waals surface area contributed by atoms with Crippen LogP contribution in [0.15, 0.2) is 48.5 Å². The number of nitriles is 1. The zero-order valence-corrected chi connectivity index (χ0v) is 12.3. The number of carbonyl (C=O) groups excluding carboxylic acids is 1. The van der Waals surface area contributed by atoms with Crippen molar-refractivity contribution in [1.82, 2.24) is 5.32 Å². The molecule has 0 fully saturated rings. The van der Waals surface area contributed by atoms with Gasteiger partial charge in [0.1, 0.15) is 12.4 Å². The number of urea groups is 1. The molecule has 5 nitrogen and oxygen atoms in total. The second-order valence-corrected chi connectivity index (χ2v) is 4.74. The first-order valence-corrected chi connectivity index (χ1v) is 6.92. The number of ether oxygens (including phenoxy) is 1. The van der Waals surface area contributed by atoms with E-state index < -0.39 is 0 Å². The minimum absolute atomic E-state index is 0.308. The van der Waals surface area contributed by atoms with E-state index in [0.717, 1.165) is 11.3 Å². The standard InChI is InChI=1S/C17H17N3O2/c1-13-3-2-4-16(11-13)22-10-9-19-17(21)20-15-7-5-14(12-18)6-8-15/h2-8,11H,9-10H2,1H3,(H2,19,20,21).